The van der Waals surface area contributed by atoms with Crippen molar-refractivity contribution in [3.8, 4) is 11.1 Å². The summed E-state index contributed by atoms with van der Waals surface area (Å²) < 4.78 is 28.0. The number of anilines is 3. The molecule has 4 rings (SSSR count). The molecule has 0 unspecified atom stereocenters. The minimum atomic E-state index is -4.05. The molecule has 0 fully saturated rings. The molecule has 0 saturated heterocycles. The normalized spacial score (nSPS) is 11.6. The van der Waals surface area contributed by atoms with Gasteiger partial charge in [-0.2, -0.15) is 4.99 Å². The smallest absolute Gasteiger partial charge is 0.433 e. The van der Waals surface area contributed by atoms with Crippen LogP contribution >= 0.6 is 23.1 Å². The number of nitrogens with two attached hydrogens (primary N) is 2. The molecule has 0 aliphatic rings. The van der Waals surface area contributed by atoms with Gasteiger partial charge in [0.25, 0.3) is 0 Å². The fraction of sp³-hybridized carbons (Fsp3) is 0.138. The second kappa shape index (κ2) is 13.6. The molecule has 1 heterocycles. The molecule has 0 atom stereocenters. The zero-order valence-electron chi connectivity index (χ0n) is 23.2. The first-order chi connectivity index (χ1) is 20.5. The second-order valence-electron chi connectivity index (χ2n) is 9.21. The summed E-state index contributed by atoms with van der Waals surface area (Å²) in [5.74, 6) is -0.287. The first kappa shape index (κ1) is 31.4. The number of hydrogen-bond donors (Lipinski definition) is 6. The fourth-order valence-electron chi connectivity index (χ4n) is 4.32. The number of carbonyl (C=O) groups is 2. The first-order valence-electron chi connectivity index (χ1n) is 12.8. The van der Waals surface area contributed by atoms with E-state index in [0.717, 1.165) is 22.6 Å². The summed E-state index contributed by atoms with van der Waals surface area (Å²) in [4.78, 5) is 27.3. The first-order valence-corrected chi connectivity index (χ1v) is 16.4. The van der Waals surface area contributed by atoms with E-state index in [4.69, 9.17) is 16.6 Å². The van der Waals surface area contributed by atoms with E-state index in [-0.39, 0.29) is 20.5 Å². The Balaban J connectivity index is 1.61. The van der Waals surface area contributed by atoms with E-state index in [1.54, 1.807) is 30.5 Å². The van der Waals surface area contributed by atoms with Crippen LogP contribution in [0.5, 0.6) is 0 Å². The summed E-state index contributed by atoms with van der Waals surface area (Å²) in [6.45, 7) is 2.69. The highest BCUT2D eigenvalue weighted by Crippen LogP contribution is 2.39. The lowest BCUT2D eigenvalue weighted by Crippen LogP contribution is -2.32. The Morgan fingerprint density at radius 1 is 1.02 bits per heavy atom. The average molecular weight is 639 g/mol. The van der Waals surface area contributed by atoms with Crippen LogP contribution in [-0.2, 0) is 9.84 Å². The summed E-state index contributed by atoms with van der Waals surface area (Å²) in [6.07, 6.45) is 0.239. The van der Waals surface area contributed by atoms with Crippen LogP contribution in [-0.4, -0.2) is 50.8 Å². The number of carboxylic acid groups (broad SMARTS) is 1. The maximum absolute atomic E-state index is 13.8. The Kier molecular flexibility index (Phi) is 9.95. The Morgan fingerprint density at radius 3 is 2.47 bits per heavy atom. The quantitative estimate of drug-likeness (QED) is 0.0430. The van der Waals surface area contributed by atoms with Gasteiger partial charge in [-0.05, 0) is 66.8 Å². The third-order valence-electron chi connectivity index (χ3n) is 6.16. The third-order valence-corrected chi connectivity index (χ3v) is 10.5. The maximum Gasteiger partial charge on any atom is 0.433 e. The van der Waals surface area contributed by atoms with Gasteiger partial charge >= 0.3 is 12.1 Å². The average Bonchev–Trinajstić information content (AvgIpc) is 3.41. The van der Waals surface area contributed by atoms with Gasteiger partial charge in [-0.1, -0.05) is 30.3 Å². The number of nitrogen functional groups attached to an aromatic ring is 1. The summed E-state index contributed by atoms with van der Waals surface area (Å²) in [5.41, 5.74) is 15.6. The van der Waals surface area contributed by atoms with Crippen molar-refractivity contribution in [2.75, 3.05) is 35.7 Å². The number of para-hydroxylation sites is 1. The molecule has 14 heteroatoms. The topological polar surface area (TPSA) is 189 Å². The highest BCUT2D eigenvalue weighted by molar-refractivity contribution is 8.01. The van der Waals surface area contributed by atoms with Crippen molar-refractivity contribution in [3.05, 3.63) is 83.2 Å². The molecule has 0 bridgehead atoms. The summed E-state index contributed by atoms with van der Waals surface area (Å²) in [6, 6.07) is 20.2. The van der Waals surface area contributed by atoms with Gasteiger partial charge < -0.3 is 32.5 Å². The number of benzene rings is 3. The largest absolute Gasteiger partial charge is 0.463 e. The summed E-state index contributed by atoms with van der Waals surface area (Å²) in [5, 5.41) is 17.8. The zero-order valence-corrected chi connectivity index (χ0v) is 25.7. The van der Waals surface area contributed by atoms with E-state index >= 15 is 0 Å². The van der Waals surface area contributed by atoms with Crippen LogP contribution in [0.15, 0.2) is 91.8 Å². The number of thiophene rings is 1. The van der Waals surface area contributed by atoms with Gasteiger partial charge in [-0.3, -0.25) is 0 Å². The van der Waals surface area contributed by atoms with Crippen molar-refractivity contribution in [2.24, 2.45) is 10.7 Å². The second-order valence-corrected chi connectivity index (χ2v) is 13.3. The van der Waals surface area contributed by atoms with Crippen molar-refractivity contribution < 1.29 is 23.1 Å². The van der Waals surface area contributed by atoms with Gasteiger partial charge in [0.05, 0.1) is 24.6 Å². The van der Waals surface area contributed by atoms with Crippen molar-refractivity contribution in [3.63, 3.8) is 0 Å². The minimum absolute atomic E-state index is 0.00319. The lowest BCUT2D eigenvalue weighted by Gasteiger charge is -2.17. The number of aliphatic imine (C=N–C) groups is 1. The number of thioether (sulfide) groups is 1. The minimum Gasteiger partial charge on any atom is -0.463 e. The molecule has 3 amide bonds. The predicted molar refractivity (Wildman–Crippen MR) is 173 cm³/mol. The van der Waals surface area contributed by atoms with Crippen LogP contribution in [0.4, 0.5) is 26.7 Å². The van der Waals surface area contributed by atoms with E-state index < -0.39 is 22.0 Å². The van der Waals surface area contributed by atoms with Gasteiger partial charge in [0.15, 0.2) is 0 Å². The van der Waals surface area contributed by atoms with E-state index in [2.05, 4.69) is 20.9 Å². The molecular formula is C29H30N6O5S3. The molecular weight excluding hydrogens is 609 g/mol. The Bertz CT molecular complexity index is 1790. The monoisotopic (exact) mass is 638 g/mol. The number of sulfone groups is 1. The summed E-state index contributed by atoms with van der Waals surface area (Å²) >= 11 is 2.25. The van der Waals surface area contributed by atoms with Gasteiger partial charge in [0.1, 0.15) is 5.84 Å². The summed E-state index contributed by atoms with van der Waals surface area (Å²) in [7, 11) is -4.05. The van der Waals surface area contributed by atoms with Crippen LogP contribution in [0.1, 0.15) is 10.4 Å². The zero-order chi connectivity index (χ0) is 31.1. The van der Waals surface area contributed by atoms with Crippen molar-refractivity contribution in [1.82, 2.24) is 5.32 Å². The van der Waals surface area contributed by atoms with Gasteiger partial charge in [0, 0.05) is 30.0 Å². The number of rotatable bonds is 10. The van der Waals surface area contributed by atoms with Crippen LogP contribution in [0.3, 0.4) is 0 Å². The molecule has 0 aliphatic carbocycles. The molecule has 43 heavy (non-hydrogen) atoms. The van der Waals surface area contributed by atoms with E-state index in [9.17, 15) is 18.0 Å². The number of nitrogens with zero attached hydrogens (tertiary/aromatic N) is 1. The Morgan fingerprint density at radius 2 is 1.77 bits per heavy atom. The maximum atomic E-state index is 13.8. The third kappa shape index (κ3) is 7.66. The molecule has 0 aliphatic heterocycles. The Labute approximate surface area is 257 Å². The van der Waals surface area contributed by atoms with Crippen LogP contribution in [0.2, 0.25) is 0 Å². The standard InChI is InChI=1S/C29H30N6O5S3/c1-17-13-19(30)15-22(34-28(36)33-12-11-32-20-8-4-3-5-9-20)25(17)18-7-6-10-21(14-18)43(39,40)24-16-23(42-27(24)41-2)26(31)35-29(37)38/h3-10,13-16,32H,11-12,30H2,1-2H3,(H2,31,35)(H,37,38)(H2,33,34,36). The molecule has 0 radical (unpaired) electrons. The van der Waals surface area contributed by atoms with Crippen molar-refractivity contribution in [1.29, 1.82) is 0 Å². The van der Waals surface area contributed by atoms with Crippen molar-refractivity contribution >= 4 is 68.0 Å². The van der Waals surface area contributed by atoms with Crippen molar-refractivity contribution in [2.45, 2.75) is 20.9 Å². The van der Waals surface area contributed by atoms with E-state index in [1.807, 2.05) is 37.3 Å². The molecule has 4 aromatic rings. The number of hydrogen-bond acceptors (Lipinski definition) is 8. The lowest BCUT2D eigenvalue weighted by molar-refractivity contribution is 0.205. The van der Waals surface area contributed by atoms with Gasteiger partial charge in [-0.15, -0.1) is 23.1 Å². The van der Waals surface area contributed by atoms with Gasteiger partial charge in [0.2, 0.25) is 9.84 Å². The number of carbonyl (C=O) groups excluding carboxylic acids is 1. The molecule has 11 nitrogen and oxygen atoms in total. The van der Waals surface area contributed by atoms with Gasteiger partial charge in [-0.25, -0.2) is 18.0 Å². The van der Waals surface area contributed by atoms with Crippen LogP contribution in [0.25, 0.3) is 11.1 Å². The molecule has 8 N–H and O–H groups in total. The molecule has 3 aromatic carbocycles. The number of nitrogens with one attached hydrogen (secondary N) is 3. The molecule has 0 spiro atoms. The Hall–Kier alpha value is -4.53. The fourth-order valence-corrected chi connectivity index (χ4v) is 8.26. The van der Waals surface area contributed by atoms with Crippen LogP contribution in [0, 0.1) is 6.92 Å². The lowest BCUT2D eigenvalue weighted by atomic mass is 9.97. The number of amides is 3. The number of aryl methyl sites for hydroxylation is 1. The number of amidine groups is 1. The molecule has 224 valence electrons. The van der Waals surface area contributed by atoms with E-state index in [1.165, 1.54) is 30.0 Å². The SMILES string of the molecule is CSc1sc(/C(N)=N\C(=O)O)cc1S(=O)(=O)c1cccc(-c2c(C)cc(N)cc2NC(=O)NCCNc2ccccc2)c1. The van der Waals surface area contributed by atoms with Crippen LogP contribution < -0.4 is 27.4 Å². The molecule has 1 aromatic heterocycles. The highest BCUT2D eigenvalue weighted by Gasteiger charge is 2.26. The predicted octanol–water partition coefficient (Wildman–Crippen LogP) is 5.48. The molecule has 0 saturated carbocycles. The number of urea groups is 1. The van der Waals surface area contributed by atoms with E-state index in [0.29, 0.717) is 39.8 Å². The highest BCUT2D eigenvalue weighted by atomic mass is 32.2.